The summed E-state index contributed by atoms with van der Waals surface area (Å²) in [6.07, 6.45) is -3.14. The number of nitrogens with zero attached hydrogens (tertiary/aromatic N) is 1. The second kappa shape index (κ2) is 9.19. The highest BCUT2D eigenvalue weighted by molar-refractivity contribution is 7.85. The van der Waals surface area contributed by atoms with Gasteiger partial charge in [0.05, 0.1) is 11.8 Å². The number of H-pyrrole nitrogens is 1. The number of aryl methyl sites for hydroxylation is 2. The fourth-order valence-corrected chi connectivity index (χ4v) is 3.75. The molecule has 0 radical (unpaired) electrons. The first-order chi connectivity index (χ1) is 15.3. The number of aliphatic hydroxyl groups excluding tert-OH is 2. The number of aliphatic hydroxyl groups is 2. The van der Waals surface area contributed by atoms with E-state index < -0.39 is 64.6 Å². The van der Waals surface area contributed by atoms with E-state index in [1.54, 1.807) is 24.3 Å². The number of ether oxygens (including phenoxy) is 2. The number of aromatic nitrogens is 2. The third-order valence-electron chi connectivity index (χ3n) is 5.20. The molecule has 2 heterocycles. The summed E-state index contributed by atoms with van der Waals surface area (Å²) < 4.78 is 39.6. The predicted molar refractivity (Wildman–Crippen MR) is 113 cm³/mol. The van der Waals surface area contributed by atoms with Crippen LogP contribution in [0.3, 0.4) is 0 Å². The number of carbonyl (C=O) groups excluding carboxylic acids is 1. The number of carbonyl (C=O) groups is 1. The minimum absolute atomic E-state index is 0.0490. The molecule has 0 spiro atoms. The van der Waals surface area contributed by atoms with Gasteiger partial charge in [-0.15, -0.1) is 0 Å². The first-order valence-corrected chi connectivity index (χ1v) is 11.6. The van der Waals surface area contributed by atoms with Crippen molar-refractivity contribution in [3.05, 3.63) is 68.0 Å². The van der Waals surface area contributed by atoms with E-state index in [1.807, 2.05) is 11.9 Å². The van der Waals surface area contributed by atoms with Crippen LogP contribution in [-0.2, 0) is 29.5 Å². The van der Waals surface area contributed by atoms with Crippen molar-refractivity contribution in [1.82, 2.24) is 9.55 Å². The Morgan fingerprint density at radius 1 is 1.21 bits per heavy atom. The summed E-state index contributed by atoms with van der Waals surface area (Å²) in [5, 5.41) is 21.3. The highest BCUT2D eigenvalue weighted by atomic mass is 32.2. The molecule has 180 valence electrons. The Hall–Kier alpha value is -2.84. The fraction of sp³-hybridized carbons (Fsp3) is 0.450. The van der Waals surface area contributed by atoms with Gasteiger partial charge in [-0.1, -0.05) is 17.7 Å². The van der Waals surface area contributed by atoms with Crippen LogP contribution in [-0.4, -0.2) is 71.9 Å². The lowest BCUT2D eigenvalue weighted by atomic mass is 10.0. The Morgan fingerprint density at radius 3 is 2.45 bits per heavy atom. The van der Waals surface area contributed by atoms with Gasteiger partial charge < -0.3 is 19.7 Å². The minimum atomic E-state index is -4.06. The van der Waals surface area contributed by atoms with Crippen molar-refractivity contribution in [3.8, 4) is 0 Å². The van der Waals surface area contributed by atoms with Gasteiger partial charge in [-0.2, -0.15) is 8.42 Å². The Bertz CT molecular complexity index is 1250. The third kappa shape index (κ3) is 5.23. The van der Waals surface area contributed by atoms with Crippen LogP contribution in [0.5, 0.6) is 0 Å². The molecule has 0 saturated carbocycles. The number of benzene rings is 1. The normalized spacial score (nSPS) is 25.2. The molecule has 1 aliphatic heterocycles. The third-order valence-corrected chi connectivity index (χ3v) is 5.74. The summed E-state index contributed by atoms with van der Waals surface area (Å²) in [7, 11) is -4.06. The summed E-state index contributed by atoms with van der Waals surface area (Å²) in [4.78, 5) is 38.6. The Kier molecular flexibility index (Phi) is 6.91. The molecule has 13 heteroatoms. The van der Waals surface area contributed by atoms with E-state index in [4.69, 9.17) is 13.7 Å². The Morgan fingerprint density at radius 2 is 1.85 bits per heavy atom. The molecule has 1 saturated heterocycles. The quantitative estimate of drug-likeness (QED) is 0.318. The van der Waals surface area contributed by atoms with Gasteiger partial charge >= 0.3 is 11.7 Å². The molecule has 4 atom stereocenters. The van der Waals surface area contributed by atoms with Crippen LogP contribution in [0.2, 0.25) is 0 Å². The summed E-state index contributed by atoms with van der Waals surface area (Å²) in [6.45, 7) is 1.79. The van der Waals surface area contributed by atoms with Crippen LogP contribution in [0.4, 0.5) is 0 Å². The van der Waals surface area contributed by atoms with Crippen LogP contribution in [0, 0.1) is 13.8 Å². The second-order valence-electron chi connectivity index (χ2n) is 7.81. The maximum absolute atomic E-state index is 12.5. The molecule has 1 aromatic heterocycles. The van der Waals surface area contributed by atoms with Gasteiger partial charge in [0.2, 0.25) is 5.72 Å². The Balaban J connectivity index is 1.91. The molecule has 0 amide bonds. The molecule has 33 heavy (non-hydrogen) atoms. The van der Waals surface area contributed by atoms with Crippen molar-refractivity contribution >= 4 is 16.1 Å². The van der Waals surface area contributed by atoms with Gasteiger partial charge in [0.15, 0.2) is 0 Å². The SMILES string of the molecule is Cc1ccc(C(=O)OC[C@H]2O[C@@](COS(C)(=O)=O)(n3cc(C)c(=O)[nH]c3=O)[C@H](O)[C@@H]2O)cc1. The highest BCUT2D eigenvalue weighted by Gasteiger charge is 2.57. The molecular weight excluding hydrogens is 460 g/mol. The molecule has 3 N–H and O–H groups in total. The van der Waals surface area contributed by atoms with Gasteiger partial charge in [0.1, 0.15) is 31.5 Å². The zero-order valence-corrected chi connectivity index (χ0v) is 18.9. The molecular formula is C20H24N2O10S. The molecule has 3 rings (SSSR count). The largest absolute Gasteiger partial charge is 0.459 e. The molecule has 0 unspecified atom stereocenters. The van der Waals surface area contributed by atoms with Gasteiger partial charge in [0.25, 0.3) is 15.7 Å². The van der Waals surface area contributed by atoms with Gasteiger partial charge in [0, 0.05) is 11.8 Å². The smallest absolute Gasteiger partial charge is 0.338 e. The lowest BCUT2D eigenvalue weighted by Gasteiger charge is -2.33. The van der Waals surface area contributed by atoms with Crippen molar-refractivity contribution in [3.63, 3.8) is 0 Å². The summed E-state index contributed by atoms with van der Waals surface area (Å²) in [5.41, 5.74) is -2.75. The molecule has 12 nitrogen and oxygen atoms in total. The van der Waals surface area contributed by atoms with Crippen LogP contribution in [0.15, 0.2) is 40.1 Å². The van der Waals surface area contributed by atoms with E-state index in [0.29, 0.717) is 0 Å². The van der Waals surface area contributed by atoms with E-state index in [1.165, 1.54) is 6.92 Å². The lowest BCUT2D eigenvalue weighted by Crippen LogP contribution is -2.55. The van der Waals surface area contributed by atoms with E-state index >= 15 is 0 Å². The van der Waals surface area contributed by atoms with E-state index in [0.717, 1.165) is 22.6 Å². The number of rotatable bonds is 7. The van der Waals surface area contributed by atoms with Crippen LogP contribution < -0.4 is 11.2 Å². The monoisotopic (exact) mass is 484 g/mol. The average Bonchev–Trinajstić information content (AvgIpc) is 2.98. The standard InChI is InChI=1S/C20H24N2O10S/c1-11-4-6-13(7-5-11)18(26)30-9-14-15(23)16(24)20(32-14,10-31-33(3,28)29)22-8-12(2)17(25)21-19(22)27/h4-8,14-16,23-24H,9-10H2,1-3H3,(H,21,25,27)/t14-,15-,16-,20-/m1/s1. The summed E-state index contributed by atoms with van der Waals surface area (Å²) >= 11 is 0. The van der Waals surface area contributed by atoms with E-state index in [-0.39, 0.29) is 11.1 Å². The molecule has 1 aromatic carbocycles. The minimum Gasteiger partial charge on any atom is -0.459 e. The van der Waals surface area contributed by atoms with Crippen LogP contribution >= 0.6 is 0 Å². The maximum Gasteiger partial charge on any atom is 0.338 e. The lowest BCUT2D eigenvalue weighted by molar-refractivity contribution is -0.168. The van der Waals surface area contributed by atoms with Crippen molar-refractivity contribution in [2.24, 2.45) is 0 Å². The van der Waals surface area contributed by atoms with Crippen molar-refractivity contribution < 1.29 is 37.1 Å². The van der Waals surface area contributed by atoms with Crippen molar-refractivity contribution in [2.45, 2.75) is 37.9 Å². The van der Waals surface area contributed by atoms with Crippen molar-refractivity contribution in [2.75, 3.05) is 19.5 Å². The molecule has 2 aromatic rings. The van der Waals surface area contributed by atoms with E-state index in [9.17, 15) is 33.0 Å². The van der Waals surface area contributed by atoms with Crippen LogP contribution in [0.1, 0.15) is 21.5 Å². The second-order valence-corrected chi connectivity index (χ2v) is 9.45. The average molecular weight is 484 g/mol. The predicted octanol–water partition coefficient (Wildman–Crippen LogP) is -1.24. The molecule has 0 bridgehead atoms. The van der Waals surface area contributed by atoms with E-state index in [2.05, 4.69) is 0 Å². The molecule has 1 aliphatic rings. The van der Waals surface area contributed by atoms with Gasteiger partial charge in [-0.3, -0.25) is 18.5 Å². The Labute approximate surface area is 188 Å². The fourth-order valence-electron chi connectivity index (χ4n) is 3.36. The van der Waals surface area contributed by atoms with Crippen LogP contribution in [0.25, 0.3) is 0 Å². The molecule has 0 aliphatic carbocycles. The first kappa shape index (κ1) is 24.8. The number of hydrogen-bond acceptors (Lipinski definition) is 10. The first-order valence-electron chi connectivity index (χ1n) is 9.79. The summed E-state index contributed by atoms with van der Waals surface area (Å²) in [6, 6.07) is 6.51. The topological polar surface area (TPSA) is 174 Å². The number of aromatic amines is 1. The number of hydrogen-bond donors (Lipinski definition) is 3. The number of esters is 1. The van der Waals surface area contributed by atoms with Gasteiger partial charge in [-0.05, 0) is 26.0 Å². The maximum atomic E-state index is 12.5. The number of nitrogens with one attached hydrogen (secondary N) is 1. The summed E-state index contributed by atoms with van der Waals surface area (Å²) in [5.74, 6) is -0.720. The zero-order valence-electron chi connectivity index (χ0n) is 18.0. The van der Waals surface area contributed by atoms with Gasteiger partial charge in [-0.25, -0.2) is 9.59 Å². The highest BCUT2D eigenvalue weighted by Crippen LogP contribution is 2.36. The zero-order chi connectivity index (χ0) is 24.6. The molecule has 1 fully saturated rings. The van der Waals surface area contributed by atoms with Crippen molar-refractivity contribution in [1.29, 1.82) is 0 Å².